The smallest absolute Gasteiger partial charge is 0.0428 e. The molecule has 156 valence electrons. The van der Waals surface area contributed by atoms with E-state index in [0.29, 0.717) is 0 Å². The highest BCUT2D eigenvalue weighted by Gasteiger charge is 2.40. The van der Waals surface area contributed by atoms with E-state index in [1.807, 2.05) is 11.3 Å². The van der Waals surface area contributed by atoms with E-state index >= 15 is 0 Å². The molecule has 0 saturated heterocycles. The van der Waals surface area contributed by atoms with Gasteiger partial charge in [0.15, 0.2) is 0 Å². The normalized spacial score (nSPS) is 13.8. The summed E-state index contributed by atoms with van der Waals surface area (Å²) in [6.45, 7) is 4.69. The van der Waals surface area contributed by atoms with Crippen LogP contribution >= 0.6 is 11.3 Å². The number of benzene rings is 4. The Bertz CT molecular complexity index is 1430. The van der Waals surface area contributed by atoms with Gasteiger partial charge in [0.05, 0.1) is 0 Å². The lowest BCUT2D eigenvalue weighted by atomic mass is 9.73. The van der Waals surface area contributed by atoms with E-state index in [1.54, 1.807) is 0 Å². The first-order valence-electron chi connectivity index (χ1n) is 11.6. The molecule has 0 atom stereocenters. The molecular weight excluding hydrogens is 404 g/mol. The van der Waals surface area contributed by atoms with Gasteiger partial charge >= 0.3 is 0 Å². The molecule has 0 saturated carbocycles. The zero-order chi connectivity index (χ0) is 21.7. The largest absolute Gasteiger partial charge is 0.134 e. The van der Waals surface area contributed by atoms with E-state index in [-0.39, 0.29) is 5.41 Å². The van der Waals surface area contributed by atoms with Crippen LogP contribution in [-0.2, 0) is 5.41 Å². The van der Waals surface area contributed by atoms with Crippen LogP contribution in [-0.4, -0.2) is 0 Å². The van der Waals surface area contributed by atoms with Gasteiger partial charge in [-0.3, -0.25) is 0 Å². The van der Waals surface area contributed by atoms with Crippen LogP contribution < -0.4 is 0 Å². The van der Waals surface area contributed by atoms with Gasteiger partial charge in [0.1, 0.15) is 0 Å². The summed E-state index contributed by atoms with van der Waals surface area (Å²) in [7, 11) is 0. The van der Waals surface area contributed by atoms with Crippen molar-refractivity contribution >= 4 is 22.1 Å². The average Bonchev–Trinajstić information content (AvgIpc) is 3.38. The van der Waals surface area contributed by atoms with Crippen molar-refractivity contribution in [3.63, 3.8) is 0 Å². The highest BCUT2D eigenvalue weighted by atomic mass is 32.1. The molecule has 0 unspecified atom stereocenters. The molecule has 1 heteroatoms. The molecule has 4 aromatic carbocycles. The fourth-order valence-corrected chi connectivity index (χ4v) is 7.00. The third-order valence-electron chi connectivity index (χ3n) is 7.39. The highest BCUT2D eigenvalue weighted by Crippen LogP contribution is 2.54. The molecule has 1 aliphatic carbocycles. The van der Waals surface area contributed by atoms with Crippen LogP contribution in [0.3, 0.4) is 0 Å². The van der Waals surface area contributed by atoms with Crippen LogP contribution in [0.1, 0.15) is 37.8 Å². The quantitative estimate of drug-likeness (QED) is 0.266. The molecule has 5 aromatic rings. The number of hydrogen-bond acceptors (Lipinski definition) is 1. The summed E-state index contributed by atoms with van der Waals surface area (Å²) >= 11 is 1.92. The number of hydrogen-bond donors (Lipinski definition) is 0. The molecule has 0 aliphatic heterocycles. The molecule has 0 spiro atoms. The van der Waals surface area contributed by atoms with E-state index in [0.717, 1.165) is 12.8 Å². The zero-order valence-electron chi connectivity index (χ0n) is 18.6. The summed E-state index contributed by atoms with van der Waals surface area (Å²) in [6.07, 6.45) is 2.24. The van der Waals surface area contributed by atoms with Crippen molar-refractivity contribution in [3.05, 3.63) is 108 Å². The van der Waals surface area contributed by atoms with Crippen molar-refractivity contribution in [1.29, 1.82) is 0 Å². The maximum atomic E-state index is 2.50. The predicted molar refractivity (Wildman–Crippen MR) is 139 cm³/mol. The van der Waals surface area contributed by atoms with Gasteiger partial charge in [-0.2, -0.15) is 0 Å². The summed E-state index contributed by atoms with van der Waals surface area (Å²) in [5.41, 5.74) is 8.57. The monoisotopic (exact) mass is 430 g/mol. The second kappa shape index (κ2) is 7.46. The standard InChI is InChI=1S/C31H26S/c1-3-31(4-2)27-17-11-10-14-23(27)24-19-18-22(20-28(24)31)30-26-16-9-8-15-25(26)29(32-30)21-12-6-5-7-13-21/h5-20H,3-4H2,1-2H3. The average molecular weight is 431 g/mol. The summed E-state index contributed by atoms with van der Waals surface area (Å²) < 4.78 is 0. The topological polar surface area (TPSA) is 0 Å². The Kier molecular flexibility index (Phi) is 4.55. The Morgan fingerprint density at radius 2 is 1.16 bits per heavy atom. The zero-order valence-corrected chi connectivity index (χ0v) is 19.4. The van der Waals surface area contributed by atoms with E-state index < -0.39 is 0 Å². The Morgan fingerprint density at radius 1 is 0.562 bits per heavy atom. The predicted octanol–water partition coefficient (Wildman–Crippen LogP) is 9.32. The first kappa shape index (κ1) is 19.5. The molecule has 0 fully saturated rings. The number of rotatable bonds is 4. The molecule has 0 bridgehead atoms. The first-order valence-corrected chi connectivity index (χ1v) is 12.4. The molecule has 1 heterocycles. The third-order valence-corrected chi connectivity index (χ3v) is 8.71. The summed E-state index contributed by atoms with van der Waals surface area (Å²) in [5, 5.41) is 2.70. The Morgan fingerprint density at radius 3 is 1.88 bits per heavy atom. The van der Waals surface area contributed by atoms with Crippen molar-refractivity contribution in [2.75, 3.05) is 0 Å². The van der Waals surface area contributed by atoms with Gasteiger partial charge in [-0.15, -0.1) is 11.3 Å². The van der Waals surface area contributed by atoms with Gasteiger partial charge in [-0.05, 0) is 52.3 Å². The maximum Gasteiger partial charge on any atom is 0.0428 e. The van der Waals surface area contributed by atoms with Gasteiger partial charge in [0.25, 0.3) is 0 Å². The highest BCUT2D eigenvalue weighted by molar-refractivity contribution is 7.21. The minimum Gasteiger partial charge on any atom is -0.134 e. The third kappa shape index (κ3) is 2.68. The minimum absolute atomic E-state index is 0.108. The van der Waals surface area contributed by atoms with E-state index in [2.05, 4.69) is 111 Å². The van der Waals surface area contributed by atoms with Crippen LogP contribution in [0.4, 0.5) is 0 Å². The van der Waals surface area contributed by atoms with Crippen molar-refractivity contribution in [2.24, 2.45) is 0 Å². The van der Waals surface area contributed by atoms with E-state index in [4.69, 9.17) is 0 Å². The molecule has 6 rings (SSSR count). The molecule has 32 heavy (non-hydrogen) atoms. The molecule has 1 aliphatic rings. The summed E-state index contributed by atoms with van der Waals surface area (Å²) in [5.74, 6) is 0. The van der Waals surface area contributed by atoms with Crippen LogP contribution in [0.15, 0.2) is 97.1 Å². The van der Waals surface area contributed by atoms with Crippen molar-refractivity contribution in [2.45, 2.75) is 32.1 Å². The molecular formula is C31H26S. The number of fused-ring (bicyclic) bond motifs is 4. The van der Waals surface area contributed by atoms with Crippen LogP contribution in [0.5, 0.6) is 0 Å². The Balaban J connectivity index is 1.59. The molecule has 0 nitrogen and oxygen atoms in total. The van der Waals surface area contributed by atoms with E-state index in [9.17, 15) is 0 Å². The van der Waals surface area contributed by atoms with Gasteiger partial charge in [-0.1, -0.05) is 105 Å². The lowest BCUT2D eigenvalue weighted by Gasteiger charge is -2.29. The lowest BCUT2D eigenvalue weighted by Crippen LogP contribution is -2.23. The van der Waals surface area contributed by atoms with Crippen LogP contribution in [0.2, 0.25) is 0 Å². The van der Waals surface area contributed by atoms with Gasteiger partial charge in [0.2, 0.25) is 0 Å². The molecule has 0 amide bonds. The van der Waals surface area contributed by atoms with Gasteiger partial charge < -0.3 is 0 Å². The summed E-state index contributed by atoms with van der Waals surface area (Å²) in [6, 6.07) is 35.9. The second-order valence-electron chi connectivity index (χ2n) is 8.77. The second-order valence-corrected chi connectivity index (χ2v) is 9.79. The number of thiophene rings is 1. The minimum atomic E-state index is 0.108. The SMILES string of the molecule is CCC1(CC)c2ccccc2-c2ccc(-c3sc(-c4ccccc4)c4ccccc34)cc21. The van der Waals surface area contributed by atoms with Crippen LogP contribution in [0.25, 0.3) is 42.8 Å². The van der Waals surface area contributed by atoms with Crippen molar-refractivity contribution < 1.29 is 0 Å². The fourth-order valence-electron chi connectivity index (χ4n) is 5.72. The fraction of sp³-hybridized carbons (Fsp3) is 0.161. The Hall–Kier alpha value is -3.16. The molecule has 0 N–H and O–H groups in total. The van der Waals surface area contributed by atoms with Crippen molar-refractivity contribution in [1.82, 2.24) is 0 Å². The first-order chi connectivity index (χ1) is 15.8. The van der Waals surface area contributed by atoms with Crippen LogP contribution in [0, 0.1) is 0 Å². The lowest BCUT2D eigenvalue weighted by molar-refractivity contribution is 0.490. The van der Waals surface area contributed by atoms with Crippen molar-refractivity contribution in [3.8, 4) is 32.0 Å². The Labute approximate surface area is 194 Å². The summed E-state index contributed by atoms with van der Waals surface area (Å²) in [4.78, 5) is 2.73. The molecule has 1 aromatic heterocycles. The maximum absolute atomic E-state index is 2.50. The van der Waals surface area contributed by atoms with E-state index in [1.165, 1.54) is 53.9 Å². The van der Waals surface area contributed by atoms with Gasteiger partial charge in [0, 0.05) is 25.9 Å². The molecule has 0 radical (unpaired) electrons. The van der Waals surface area contributed by atoms with Gasteiger partial charge in [-0.25, -0.2) is 0 Å².